The van der Waals surface area contributed by atoms with E-state index in [1.54, 1.807) is 48.5 Å². The van der Waals surface area contributed by atoms with Crippen molar-refractivity contribution in [3.63, 3.8) is 0 Å². The molecule has 4 aromatic rings. The molecule has 6 rings (SSSR count). The zero-order chi connectivity index (χ0) is 36.3. The van der Waals surface area contributed by atoms with E-state index in [0.717, 1.165) is 31.3 Å². The van der Waals surface area contributed by atoms with Gasteiger partial charge in [-0.25, -0.2) is 10.0 Å². The molecule has 4 amide bonds. The average Bonchev–Trinajstić information content (AvgIpc) is 3.53. The molecule has 0 bridgehead atoms. The fourth-order valence-corrected chi connectivity index (χ4v) is 5.22. The smallest absolute Gasteiger partial charge is 0.311 e. The summed E-state index contributed by atoms with van der Waals surface area (Å²) >= 11 is 8.21. The number of anilines is 2. The molecule has 50 heavy (non-hydrogen) atoms. The number of hydrogen-bond acceptors (Lipinski definition) is 9. The van der Waals surface area contributed by atoms with Gasteiger partial charge in [-0.3, -0.25) is 40.1 Å². The zero-order valence-corrected chi connectivity index (χ0v) is 28.9. The normalized spacial score (nSPS) is 15.6. The Morgan fingerprint density at radius 1 is 0.780 bits per heavy atom. The van der Waals surface area contributed by atoms with Gasteiger partial charge in [-0.15, -0.1) is 0 Å². The minimum atomic E-state index is -0.744. The molecule has 0 atom stereocenters. The summed E-state index contributed by atoms with van der Waals surface area (Å²) in [5.74, 6) is -2.45. The molecule has 2 heterocycles. The molecule has 0 spiro atoms. The van der Waals surface area contributed by atoms with Crippen molar-refractivity contribution in [2.45, 2.75) is 6.92 Å². The lowest BCUT2D eigenvalue weighted by Gasteiger charge is -2.15. The largest absolute Gasteiger partial charge is 0.504 e. The number of benzene rings is 4. The van der Waals surface area contributed by atoms with Gasteiger partial charge < -0.3 is 14.9 Å². The first-order chi connectivity index (χ1) is 23.8. The number of aromatic hydroxyl groups is 2. The molecule has 0 saturated carbocycles. The second-order valence-corrected chi connectivity index (χ2v) is 12.3. The molecule has 0 aromatic heterocycles. The second-order valence-electron chi connectivity index (χ2n) is 10.6. The Kier molecular flexibility index (Phi) is 10.4. The summed E-state index contributed by atoms with van der Waals surface area (Å²) in [4.78, 5) is 59.5. The number of ether oxygens (including phenoxy) is 1. The average molecular weight is 810 g/mol. The summed E-state index contributed by atoms with van der Waals surface area (Å²) < 4.78 is 6.01. The van der Waals surface area contributed by atoms with Gasteiger partial charge in [0.2, 0.25) is 0 Å². The van der Waals surface area contributed by atoms with Crippen LogP contribution in [0.25, 0.3) is 12.2 Å². The number of hydrogen-bond donors (Lipinski definition) is 4. The first-order valence-corrected chi connectivity index (χ1v) is 15.8. The molecular formula is C34H25ClIN5O9. The highest BCUT2D eigenvalue weighted by molar-refractivity contribution is 14.1. The van der Waals surface area contributed by atoms with E-state index in [-0.39, 0.29) is 28.2 Å². The van der Waals surface area contributed by atoms with Gasteiger partial charge in [-0.1, -0.05) is 29.8 Å². The molecule has 0 radical (unpaired) electrons. The number of aryl methyl sites for hydroxylation is 1. The van der Waals surface area contributed by atoms with E-state index in [1.807, 2.05) is 6.92 Å². The summed E-state index contributed by atoms with van der Waals surface area (Å²) in [6, 6.07) is 20.2. The van der Waals surface area contributed by atoms with Gasteiger partial charge in [0.15, 0.2) is 17.2 Å². The van der Waals surface area contributed by atoms with Crippen molar-refractivity contribution >= 4 is 87.0 Å². The number of nitro groups is 1. The van der Waals surface area contributed by atoms with E-state index in [9.17, 15) is 39.5 Å². The number of carbonyl (C=O) groups is 4. The van der Waals surface area contributed by atoms with Crippen LogP contribution in [0.2, 0.25) is 5.02 Å². The highest BCUT2D eigenvalue weighted by Gasteiger charge is 2.35. The number of phenols is 2. The van der Waals surface area contributed by atoms with Crippen LogP contribution in [0.3, 0.4) is 0 Å². The third kappa shape index (κ3) is 7.53. The summed E-state index contributed by atoms with van der Waals surface area (Å²) in [6.07, 6.45) is 2.69. The monoisotopic (exact) mass is 809 g/mol. The van der Waals surface area contributed by atoms with Crippen LogP contribution in [-0.2, 0) is 19.2 Å². The number of rotatable bonds is 6. The van der Waals surface area contributed by atoms with Gasteiger partial charge in [0, 0.05) is 14.7 Å². The quantitative estimate of drug-likeness (QED) is 0.0668. The summed E-state index contributed by atoms with van der Waals surface area (Å²) in [7, 11) is 1.42. The maximum atomic E-state index is 12.6. The summed E-state index contributed by atoms with van der Waals surface area (Å²) in [6.45, 7) is 1.85. The number of halogens is 2. The number of nitro benzene ring substituents is 1. The van der Waals surface area contributed by atoms with Crippen molar-refractivity contribution < 1.29 is 39.1 Å². The van der Waals surface area contributed by atoms with Crippen LogP contribution in [0, 0.1) is 20.6 Å². The van der Waals surface area contributed by atoms with Crippen molar-refractivity contribution in [3.8, 4) is 17.2 Å². The number of nitrogens with zero attached hydrogens (tertiary/aromatic N) is 3. The molecule has 16 heteroatoms. The molecule has 4 N–H and O–H groups in total. The Labute approximate surface area is 302 Å². The number of phenolic OH excluding ortho intramolecular Hbond substituents is 2. The Morgan fingerprint density at radius 3 is 1.84 bits per heavy atom. The van der Waals surface area contributed by atoms with Gasteiger partial charge in [0.1, 0.15) is 11.1 Å². The topological polar surface area (TPSA) is 192 Å². The molecule has 2 aliphatic heterocycles. The van der Waals surface area contributed by atoms with E-state index in [2.05, 4.69) is 33.4 Å². The van der Waals surface area contributed by atoms with Gasteiger partial charge in [0.25, 0.3) is 23.6 Å². The number of nitrogens with one attached hydrogen (secondary N) is 2. The van der Waals surface area contributed by atoms with Crippen molar-refractivity contribution in [2.75, 3.05) is 17.1 Å². The van der Waals surface area contributed by atoms with Crippen LogP contribution in [0.4, 0.5) is 17.1 Å². The van der Waals surface area contributed by atoms with Gasteiger partial charge in [-0.05, 0) is 113 Å². The first kappa shape index (κ1) is 35.4. The number of amides is 4. The zero-order valence-electron chi connectivity index (χ0n) is 26.0. The second kappa shape index (κ2) is 14.7. The molecule has 0 unspecified atom stereocenters. The van der Waals surface area contributed by atoms with E-state index in [1.165, 1.54) is 37.5 Å². The molecular weight excluding hydrogens is 785 g/mol. The first-order valence-electron chi connectivity index (χ1n) is 14.4. The highest BCUT2D eigenvalue weighted by atomic mass is 127. The predicted octanol–water partition coefficient (Wildman–Crippen LogP) is 5.19. The van der Waals surface area contributed by atoms with Crippen LogP contribution in [-0.4, -0.2) is 45.9 Å². The Balaban J connectivity index is 0.000000194. The standard InChI is InChI=1S/C18H15ClN2O4.C16H10IN3O5/c1-10-3-5-12(9-14(10)19)21-18(24)13(17(23)20-21)7-11-4-6-15(22)16(8-11)25-2;17-10-2-4-11(5-3-10)19-16(23)12(15(22)18-19)7-9-1-6-14(21)13(8-9)20(24)25/h3-9,22H,1-2H3,(H,20,23);1-8,21H,(H,18,22)/b13-7-;12-7-. The van der Waals surface area contributed by atoms with Gasteiger partial charge in [0.05, 0.1) is 23.4 Å². The molecule has 0 aliphatic carbocycles. The van der Waals surface area contributed by atoms with E-state index in [4.69, 9.17) is 16.3 Å². The lowest BCUT2D eigenvalue weighted by molar-refractivity contribution is -0.385. The number of hydrazine groups is 2. The molecule has 2 saturated heterocycles. The number of carbonyl (C=O) groups excluding carboxylic acids is 4. The lowest BCUT2D eigenvalue weighted by Crippen LogP contribution is -2.35. The van der Waals surface area contributed by atoms with Crippen molar-refractivity contribution in [2.24, 2.45) is 0 Å². The molecule has 2 aliphatic rings. The van der Waals surface area contributed by atoms with E-state index >= 15 is 0 Å². The summed E-state index contributed by atoms with van der Waals surface area (Å²) in [5.41, 5.74) is 6.93. The van der Waals surface area contributed by atoms with Crippen molar-refractivity contribution in [1.29, 1.82) is 0 Å². The fraction of sp³-hybridized carbons (Fsp3) is 0.0588. The maximum Gasteiger partial charge on any atom is 0.311 e. The molecule has 254 valence electrons. The minimum absolute atomic E-state index is 0.0237. The van der Waals surface area contributed by atoms with Crippen LogP contribution in [0.5, 0.6) is 17.2 Å². The Bertz CT molecular complexity index is 2130. The molecule has 4 aromatic carbocycles. The van der Waals surface area contributed by atoms with E-state index < -0.39 is 40.0 Å². The van der Waals surface area contributed by atoms with Crippen LogP contribution in [0.15, 0.2) is 90.0 Å². The van der Waals surface area contributed by atoms with Gasteiger partial charge in [-0.2, -0.15) is 0 Å². The van der Waals surface area contributed by atoms with Gasteiger partial charge >= 0.3 is 5.69 Å². The predicted molar refractivity (Wildman–Crippen MR) is 192 cm³/mol. The fourth-order valence-electron chi connectivity index (χ4n) is 4.68. The maximum absolute atomic E-state index is 12.6. The van der Waals surface area contributed by atoms with Crippen molar-refractivity contribution in [1.82, 2.24) is 10.9 Å². The lowest BCUT2D eigenvalue weighted by atomic mass is 10.1. The molecule has 14 nitrogen and oxygen atoms in total. The van der Waals surface area contributed by atoms with Crippen LogP contribution >= 0.6 is 34.2 Å². The third-order valence-corrected chi connectivity index (χ3v) is 8.43. The highest BCUT2D eigenvalue weighted by Crippen LogP contribution is 2.31. The third-order valence-electron chi connectivity index (χ3n) is 7.30. The van der Waals surface area contributed by atoms with Crippen LogP contribution in [0.1, 0.15) is 16.7 Å². The summed E-state index contributed by atoms with van der Waals surface area (Å²) in [5, 5.41) is 32.7. The Morgan fingerprint density at radius 2 is 1.30 bits per heavy atom. The van der Waals surface area contributed by atoms with Crippen LogP contribution < -0.4 is 25.6 Å². The SMILES string of the molecule is COc1cc(/C=C2/C(=O)NN(c3ccc(C)c(Cl)c3)C2=O)ccc1O.O=C1NN(c2ccc(I)cc2)C(=O)/C1=C\c1ccc(O)c([N+](=O)[O-])c1. The van der Waals surface area contributed by atoms with E-state index in [0.29, 0.717) is 22.0 Å². The molecule has 2 fully saturated rings. The Hall–Kier alpha value is -5.94. The van der Waals surface area contributed by atoms with Crippen molar-refractivity contribution in [3.05, 3.63) is 125 Å². The minimum Gasteiger partial charge on any atom is -0.504 e. The number of methoxy groups -OCH3 is 1.